The molecule has 0 amide bonds. The van der Waals surface area contributed by atoms with Crippen molar-refractivity contribution in [3.8, 4) is 5.75 Å². The Morgan fingerprint density at radius 1 is 0.929 bits per heavy atom. The van der Waals surface area contributed by atoms with Crippen LogP contribution < -0.4 is 9.50 Å². The standard InChI is InChI=1S/C20H22F3NO3S/c21-20(22,23)28(25,26)27-19-12-8-17(9-13-19)16-6-10-18(11-7-16)24-14-15-4-2-1-3-5-15/h1-5,8-9,12-13,16,18,24H,6-7,10-11,14H2. The van der Waals surface area contributed by atoms with E-state index in [1.807, 2.05) is 18.2 Å². The number of benzene rings is 2. The Morgan fingerprint density at radius 2 is 1.54 bits per heavy atom. The highest BCUT2D eigenvalue weighted by Crippen LogP contribution is 2.34. The van der Waals surface area contributed by atoms with Crippen molar-refractivity contribution < 1.29 is 25.8 Å². The summed E-state index contributed by atoms with van der Waals surface area (Å²) in [5.74, 6) is -0.0256. The lowest BCUT2D eigenvalue weighted by Crippen LogP contribution is -2.32. The molecule has 2 aromatic carbocycles. The largest absolute Gasteiger partial charge is 0.534 e. The molecule has 3 rings (SSSR count). The zero-order valence-corrected chi connectivity index (χ0v) is 16.0. The first-order valence-corrected chi connectivity index (χ1v) is 10.5. The molecule has 0 aliphatic heterocycles. The van der Waals surface area contributed by atoms with Gasteiger partial charge in [0, 0.05) is 12.6 Å². The molecule has 1 aliphatic carbocycles. The van der Waals surface area contributed by atoms with Gasteiger partial charge in [-0.3, -0.25) is 0 Å². The molecule has 1 aliphatic rings. The topological polar surface area (TPSA) is 55.4 Å². The van der Waals surface area contributed by atoms with Crippen molar-refractivity contribution in [2.45, 2.75) is 49.7 Å². The molecule has 0 atom stereocenters. The van der Waals surface area contributed by atoms with Crippen molar-refractivity contribution in [3.63, 3.8) is 0 Å². The predicted octanol–water partition coefficient (Wildman–Crippen LogP) is 4.73. The Balaban J connectivity index is 1.51. The van der Waals surface area contributed by atoms with Crippen LogP contribution in [0.4, 0.5) is 13.2 Å². The molecule has 8 heteroatoms. The van der Waals surface area contributed by atoms with Gasteiger partial charge in [-0.15, -0.1) is 0 Å². The van der Waals surface area contributed by atoms with E-state index in [2.05, 4.69) is 21.6 Å². The van der Waals surface area contributed by atoms with Crippen LogP contribution in [0.25, 0.3) is 0 Å². The van der Waals surface area contributed by atoms with Crippen LogP contribution in [-0.4, -0.2) is 20.0 Å². The van der Waals surface area contributed by atoms with E-state index >= 15 is 0 Å². The van der Waals surface area contributed by atoms with Crippen LogP contribution in [0, 0.1) is 0 Å². The molecule has 0 saturated heterocycles. The minimum absolute atomic E-state index is 0.308. The van der Waals surface area contributed by atoms with E-state index in [0.717, 1.165) is 37.8 Å². The van der Waals surface area contributed by atoms with Crippen LogP contribution >= 0.6 is 0 Å². The second-order valence-electron chi connectivity index (χ2n) is 6.97. The fraction of sp³-hybridized carbons (Fsp3) is 0.400. The van der Waals surface area contributed by atoms with Gasteiger partial charge >= 0.3 is 15.6 Å². The van der Waals surface area contributed by atoms with Crippen LogP contribution in [0.1, 0.15) is 42.7 Å². The molecule has 0 radical (unpaired) electrons. The van der Waals surface area contributed by atoms with E-state index in [1.165, 1.54) is 17.7 Å². The highest BCUT2D eigenvalue weighted by Gasteiger charge is 2.48. The maximum absolute atomic E-state index is 12.4. The minimum Gasteiger partial charge on any atom is -0.376 e. The Morgan fingerprint density at radius 3 is 2.11 bits per heavy atom. The molecule has 1 saturated carbocycles. The lowest BCUT2D eigenvalue weighted by molar-refractivity contribution is -0.0500. The number of nitrogens with one attached hydrogen (secondary N) is 1. The second-order valence-corrected chi connectivity index (χ2v) is 8.51. The summed E-state index contributed by atoms with van der Waals surface area (Å²) in [6, 6.07) is 16.5. The molecule has 28 heavy (non-hydrogen) atoms. The van der Waals surface area contributed by atoms with E-state index < -0.39 is 15.6 Å². The third-order valence-corrected chi connectivity index (χ3v) is 5.98. The van der Waals surface area contributed by atoms with Gasteiger partial charge in [0.25, 0.3) is 0 Å². The Bertz CT molecular complexity index is 860. The van der Waals surface area contributed by atoms with Crippen molar-refractivity contribution in [1.82, 2.24) is 5.32 Å². The number of alkyl halides is 3. The maximum Gasteiger partial charge on any atom is 0.534 e. The van der Waals surface area contributed by atoms with Gasteiger partial charge in [0.05, 0.1) is 0 Å². The number of hydrogen-bond acceptors (Lipinski definition) is 4. The predicted molar refractivity (Wildman–Crippen MR) is 100 cm³/mol. The van der Waals surface area contributed by atoms with Gasteiger partial charge in [-0.05, 0) is 54.9 Å². The normalized spacial score (nSPS) is 20.7. The summed E-state index contributed by atoms with van der Waals surface area (Å²) in [6.45, 7) is 0.829. The van der Waals surface area contributed by atoms with Crippen molar-refractivity contribution >= 4 is 10.1 Å². The van der Waals surface area contributed by atoms with Crippen molar-refractivity contribution in [1.29, 1.82) is 0 Å². The molecule has 0 unspecified atom stereocenters. The monoisotopic (exact) mass is 413 g/mol. The van der Waals surface area contributed by atoms with Crippen molar-refractivity contribution in [2.75, 3.05) is 0 Å². The molecule has 0 aromatic heterocycles. The highest BCUT2D eigenvalue weighted by atomic mass is 32.2. The van der Waals surface area contributed by atoms with E-state index in [4.69, 9.17) is 0 Å². The molecule has 2 aromatic rings. The second kappa shape index (κ2) is 8.53. The fourth-order valence-electron chi connectivity index (χ4n) is 3.46. The zero-order valence-electron chi connectivity index (χ0n) is 15.2. The third kappa shape index (κ3) is 5.26. The molecule has 0 heterocycles. The highest BCUT2D eigenvalue weighted by molar-refractivity contribution is 7.88. The molecule has 4 nitrogen and oxygen atoms in total. The SMILES string of the molecule is O=S(=O)(Oc1ccc(C2CCC(NCc3ccccc3)CC2)cc1)C(F)(F)F. The van der Waals surface area contributed by atoms with E-state index in [0.29, 0.717) is 12.0 Å². The fourth-order valence-corrected chi connectivity index (χ4v) is 3.92. The first-order chi connectivity index (χ1) is 13.2. The zero-order chi connectivity index (χ0) is 20.2. The average molecular weight is 413 g/mol. The van der Waals surface area contributed by atoms with Gasteiger partial charge in [0.15, 0.2) is 0 Å². The van der Waals surface area contributed by atoms with Crippen LogP contribution in [0.2, 0.25) is 0 Å². The van der Waals surface area contributed by atoms with Crippen LogP contribution in [0.15, 0.2) is 54.6 Å². The van der Waals surface area contributed by atoms with Gasteiger partial charge in [-0.25, -0.2) is 0 Å². The minimum atomic E-state index is -5.63. The quantitative estimate of drug-likeness (QED) is 0.549. The first kappa shape index (κ1) is 20.7. The molecule has 0 spiro atoms. The summed E-state index contributed by atoms with van der Waals surface area (Å²) in [7, 11) is -5.63. The lowest BCUT2D eigenvalue weighted by atomic mass is 9.81. The third-order valence-electron chi connectivity index (χ3n) is 5.01. The van der Waals surface area contributed by atoms with Gasteiger partial charge in [-0.2, -0.15) is 21.6 Å². The molecule has 1 fully saturated rings. The van der Waals surface area contributed by atoms with E-state index in [-0.39, 0.29) is 5.75 Å². The molecule has 0 bridgehead atoms. The van der Waals surface area contributed by atoms with Gasteiger partial charge in [0.2, 0.25) is 0 Å². The van der Waals surface area contributed by atoms with Crippen LogP contribution in [-0.2, 0) is 16.7 Å². The van der Waals surface area contributed by atoms with Gasteiger partial charge < -0.3 is 9.50 Å². The Kier molecular flexibility index (Phi) is 6.30. The summed E-state index contributed by atoms with van der Waals surface area (Å²) in [5, 5.41) is 3.57. The summed E-state index contributed by atoms with van der Waals surface area (Å²) < 4.78 is 63.4. The summed E-state index contributed by atoms with van der Waals surface area (Å²) in [6.07, 6.45) is 3.96. The average Bonchev–Trinajstić information content (AvgIpc) is 2.67. The van der Waals surface area contributed by atoms with Crippen molar-refractivity contribution in [2.24, 2.45) is 0 Å². The summed E-state index contributed by atoms with van der Waals surface area (Å²) in [5.41, 5.74) is -3.20. The van der Waals surface area contributed by atoms with E-state index in [9.17, 15) is 21.6 Å². The number of halogens is 3. The van der Waals surface area contributed by atoms with Gasteiger partial charge in [-0.1, -0.05) is 42.5 Å². The molecule has 152 valence electrons. The summed E-state index contributed by atoms with van der Waals surface area (Å²) in [4.78, 5) is 0. The molecular formula is C20H22F3NO3S. The summed E-state index contributed by atoms with van der Waals surface area (Å²) >= 11 is 0. The Hall–Kier alpha value is -2.06. The van der Waals surface area contributed by atoms with E-state index in [1.54, 1.807) is 12.1 Å². The molecule has 1 N–H and O–H groups in total. The van der Waals surface area contributed by atoms with Gasteiger partial charge in [0.1, 0.15) is 5.75 Å². The first-order valence-electron chi connectivity index (χ1n) is 9.12. The Labute approximate surface area is 162 Å². The smallest absolute Gasteiger partial charge is 0.376 e. The maximum atomic E-state index is 12.4. The molecular weight excluding hydrogens is 391 g/mol. The lowest BCUT2D eigenvalue weighted by Gasteiger charge is -2.29. The van der Waals surface area contributed by atoms with Crippen molar-refractivity contribution in [3.05, 3.63) is 65.7 Å². The number of hydrogen-bond donors (Lipinski definition) is 1. The number of rotatable bonds is 6. The van der Waals surface area contributed by atoms with Crippen LogP contribution in [0.3, 0.4) is 0 Å². The van der Waals surface area contributed by atoms with Crippen LogP contribution in [0.5, 0.6) is 5.75 Å².